The summed E-state index contributed by atoms with van der Waals surface area (Å²) in [7, 11) is 1.38. The highest BCUT2D eigenvalue weighted by Gasteiger charge is 2.18. The number of hydrogen-bond donors (Lipinski definition) is 0. The molecule has 0 bridgehead atoms. The Hall–Kier alpha value is -2.49. The van der Waals surface area contributed by atoms with Gasteiger partial charge in [-0.3, -0.25) is 0 Å². The predicted octanol–water partition coefficient (Wildman–Crippen LogP) is 5.01. The molecule has 26 heavy (non-hydrogen) atoms. The number of carbonyl (C=O) groups excluding carboxylic acids is 1. The van der Waals surface area contributed by atoms with Gasteiger partial charge >= 0.3 is 5.97 Å². The summed E-state index contributed by atoms with van der Waals surface area (Å²) in [5, 5.41) is 0. The van der Waals surface area contributed by atoms with Gasteiger partial charge in [0.2, 0.25) is 0 Å². The van der Waals surface area contributed by atoms with E-state index >= 15 is 0 Å². The van der Waals surface area contributed by atoms with Gasteiger partial charge in [0.05, 0.1) is 13.7 Å². The van der Waals surface area contributed by atoms with Crippen LogP contribution in [0.4, 0.5) is 0 Å². The molecule has 0 spiro atoms. The van der Waals surface area contributed by atoms with Crippen LogP contribution in [0.25, 0.3) is 0 Å². The Morgan fingerprint density at radius 1 is 1.00 bits per heavy atom. The van der Waals surface area contributed by atoms with E-state index in [1.54, 1.807) is 18.2 Å². The summed E-state index contributed by atoms with van der Waals surface area (Å²) in [4.78, 5) is 12.0. The van der Waals surface area contributed by atoms with Crippen LogP contribution in [0.2, 0.25) is 0 Å². The van der Waals surface area contributed by atoms with Crippen LogP contribution in [-0.2, 0) is 11.3 Å². The fourth-order valence-electron chi connectivity index (χ4n) is 3.29. The smallest absolute Gasteiger partial charge is 0.341 e. The summed E-state index contributed by atoms with van der Waals surface area (Å²) >= 11 is 0. The molecule has 2 aromatic rings. The Bertz CT molecular complexity index is 705. The molecule has 0 radical (unpaired) electrons. The molecule has 3 rings (SSSR count). The van der Waals surface area contributed by atoms with E-state index < -0.39 is 5.97 Å². The van der Waals surface area contributed by atoms with Crippen molar-refractivity contribution in [3.8, 4) is 11.5 Å². The zero-order valence-electron chi connectivity index (χ0n) is 15.3. The van der Waals surface area contributed by atoms with Crippen molar-refractivity contribution in [2.45, 2.75) is 38.7 Å². The first-order chi connectivity index (χ1) is 12.8. The largest absolute Gasteiger partial charge is 0.492 e. The summed E-state index contributed by atoms with van der Waals surface area (Å²) in [6.07, 6.45) is 6.22. The minimum absolute atomic E-state index is 0.391. The second kappa shape index (κ2) is 9.27. The van der Waals surface area contributed by atoms with Crippen molar-refractivity contribution in [3.63, 3.8) is 0 Å². The third-order valence-corrected chi connectivity index (χ3v) is 4.81. The SMILES string of the molecule is COC(=O)c1ccc(OCc2ccccc2)cc1OCC1CCCCC1. The quantitative estimate of drug-likeness (QED) is 0.656. The predicted molar refractivity (Wildman–Crippen MR) is 101 cm³/mol. The van der Waals surface area contributed by atoms with Crippen molar-refractivity contribution < 1.29 is 19.0 Å². The summed E-state index contributed by atoms with van der Waals surface area (Å²) < 4.78 is 16.8. The van der Waals surface area contributed by atoms with Gasteiger partial charge in [0.15, 0.2) is 0 Å². The normalized spacial score (nSPS) is 14.7. The van der Waals surface area contributed by atoms with Crippen molar-refractivity contribution >= 4 is 5.97 Å². The van der Waals surface area contributed by atoms with Gasteiger partial charge in [-0.1, -0.05) is 49.6 Å². The average Bonchev–Trinajstić information content (AvgIpc) is 2.71. The molecule has 4 nitrogen and oxygen atoms in total. The maximum atomic E-state index is 12.0. The number of rotatable bonds is 7. The molecule has 2 aromatic carbocycles. The molecule has 0 atom stereocenters. The second-order valence-electron chi connectivity index (χ2n) is 6.74. The lowest BCUT2D eigenvalue weighted by molar-refractivity contribution is 0.0594. The first-order valence-electron chi connectivity index (χ1n) is 9.28. The summed E-state index contributed by atoms with van der Waals surface area (Å²) in [5.74, 6) is 1.38. The first-order valence-corrected chi connectivity index (χ1v) is 9.28. The van der Waals surface area contributed by atoms with E-state index in [1.165, 1.54) is 39.2 Å². The van der Waals surface area contributed by atoms with E-state index in [-0.39, 0.29) is 0 Å². The van der Waals surface area contributed by atoms with E-state index in [0.717, 1.165) is 5.56 Å². The standard InChI is InChI=1S/C22H26O4/c1-24-22(23)20-13-12-19(25-15-17-8-4-2-5-9-17)14-21(20)26-16-18-10-6-3-7-11-18/h2,4-5,8-9,12-14,18H,3,6-7,10-11,15-16H2,1H3. The minimum Gasteiger partial charge on any atom is -0.492 e. The van der Waals surface area contributed by atoms with Crippen LogP contribution < -0.4 is 9.47 Å². The highest BCUT2D eigenvalue weighted by atomic mass is 16.5. The molecule has 1 aliphatic rings. The zero-order chi connectivity index (χ0) is 18.2. The van der Waals surface area contributed by atoms with E-state index in [0.29, 0.717) is 36.2 Å². The van der Waals surface area contributed by atoms with Gasteiger partial charge in [-0.25, -0.2) is 4.79 Å². The number of hydrogen-bond acceptors (Lipinski definition) is 4. The molecular weight excluding hydrogens is 328 g/mol. The highest BCUT2D eigenvalue weighted by molar-refractivity contribution is 5.92. The third-order valence-electron chi connectivity index (χ3n) is 4.81. The molecule has 1 saturated carbocycles. The molecule has 0 heterocycles. The molecule has 0 aliphatic heterocycles. The van der Waals surface area contributed by atoms with Gasteiger partial charge < -0.3 is 14.2 Å². The Labute approximate surface area is 155 Å². The molecule has 0 aromatic heterocycles. The average molecular weight is 354 g/mol. The fraction of sp³-hybridized carbons (Fsp3) is 0.409. The Morgan fingerprint density at radius 2 is 1.77 bits per heavy atom. The summed E-state index contributed by atoms with van der Waals surface area (Å²) in [6, 6.07) is 15.3. The Balaban J connectivity index is 1.69. The number of ether oxygens (including phenoxy) is 3. The molecule has 0 N–H and O–H groups in total. The van der Waals surface area contributed by atoms with Crippen LogP contribution >= 0.6 is 0 Å². The number of carbonyl (C=O) groups is 1. The van der Waals surface area contributed by atoms with Crippen LogP contribution in [0.1, 0.15) is 48.0 Å². The maximum absolute atomic E-state index is 12.0. The molecule has 1 aliphatic carbocycles. The van der Waals surface area contributed by atoms with Gasteiger partial charge in [0.1, 0.15) is 23.7 Å². The number of esters is 1. The molecule has 138 valence electrons. The Morgan fingerprint density at radius 3 is 2.50 bits per heavy atom. The third kappa shape index (κ3) is 5.01. The van der Waals surface area contributed by atoms with Crippen molar-refractivity contribution in [3.05, 3.63) is 59.7 Å². The number of benzene rings is 2. The highest BCUT2D eigenvalue weighted by Crippen LogP contribution is 2.29. The van der Waals surface area contributed by atoms with Crippen LogP contribution in [-0.4, -0.2) is 19.7 Å². The molecule has 0 unspecified atom stereocenters. The van der Waals surface area contributed by atoms with Gasteiger partial charge in [-0.05, 0) is 36.5 Å². The monoisotopic (exact) mass is 354 g/mol. The second-order valence-corrected chi connectivity index (χ2v) is 6.74. The van der Waals surface area contributed by atoms with E-state index in [9.17, 15) is 4.79 Å². The van der Waals surface area contributed by atoms with Gasteiger partial charge in [-0.2, -0.15) is 0 Å². The van der Waals surface area contributed by atoms with Crippen molar-refractivity contribution in [1.29, 1.82) is 0 Å². The van der Waals surface area contributed by atoms with Gasteiger partial charge in [0, 0.05) is 6.07 Å². The fourth-order valence-corrected chi connectivity index (χ4v) is 3.29. The van der Waals surface area contributed by atoms with Crippen molar-refractivity contribution in [2.24, 2.45) is 5.92 Å². The van der Waals surface area contributed by atoms with E-state index in [1.807, 2.05) is 30.3 Å². The lowest BCUT2D eigenvalue weighted by atomic mass is 9.90. The molecule has 4 heteroatoms. The van der Waals surface area contributed by atoms with Crippen LogP contribution in [0.15, 0.2) is 48.5 Å². The lowest BCUT2D eigenvalue weighted by Gasteiger charge is -2.22. The topological polar surface area (TPSA) is 44.8 Å². The number of methoxy groups -OCH3 is 1. The maximum Gasteiger partial charge on any atom is 0.341 e. The summed E-state index contributed by atoms with van der Waals surface area (Å²) in [6.45, 7) is 1.10. The van der Waals surface area contributed by atoms with Gasteiger partial charge in [-0.15, -0.1) is 0 Å². The van der Waals surface area contributed by atoms with E-state index in [4.69, 9.17) is 14.2 Å². The van der Waals surface area contributed by atoms with Crippen molar-refractivity contribution in [2.75, 3.05) is 13.7 Å². The van der Waals surface area contributed by atoms with E-state index in [2.05, 4.69) is 0 Å². The first kappa shape index (κ1) is 18.3. The van der Waals surface area contributed by atoms with Crippen LogP contribution in [0.5, 0.6) is 11.5 Å². The van der Waals surface area contributed by atoms with Crippen LogP contribution in [0.3, 0.4) is 0 Å². The Kier molecular flexibility index (Phi) is 6.53. The minimum atomic E-state index is -0.391. The summed E-state index contributed by atoms with van der Waals surface area (Å²) in [5.41, 5.74) is 1.53. The van der Waals surface area contributed by atoms with Crippen LogP contribution in [0, 0.1) is 5.92 Å². The molecule has 0 amide bonds. The molecule has 0 saturated heterocycles. The molecular formula is C22H26O4. The lowest BCUT2D eigenvalue weighted by Crippen LogP contribution is -2.16. The molecule has 1 fully saturated rings. The zero-order valence-corrected chi connectivity index (χ0v) is 15.3. The van der Waals surface area contributed by atoms with Crippen molar-refractivity contribution in [1.82, 2.24) is 0 Å². The van der Waals surface area contributed by atoms with Gasteiger partial charge in [0.25, 0.3) is 0 Å².